The monoisotopic (exact) mass is 419 g/mol. The van der Waals surface area contributed by atoms with Gasteiger partial charge in [-0.1, -0.05) is 25.1 Å². The summed E-state index contributed by atoms with van der Waals surface area (Å²) < 4.78 is 37.2. The van der Waals surface area contributed by atoms with Crippen LogP contribution >= 0.6 is 0 Å². The number of hydrogen-bond acceptors (Lipinski definition) is 6. The molecule has 0 aliphatic carbocycles. The van der Waals surface area contributed by atoms with Crippen LogP contribution in [0.1, 0.15) is 18.9 Å². The quantitative estimate of drug-likeness (QED) is 0.470. The molecule has 1 aliphatic rings. The highest BCUT2D eigenvalue weighted by Gasteiger charge is 2.39. The number of carbonyl (C=O) groups is 4. The topological polar surface area (TPSA) is 153 Å². The molecule has 29 heavy (non-hydrogen) atoms. The molecule has 5 N–H and O–H groups in total. The van der Waals surface area contributed by atoms with Gasteiger partial charge in [0.25, 0.3) is 0 Å². The van der Waals surface area contributed by atoms with E-state index < -0.39 is 42.7 Å². The molecule has 0 bridgehead atoms. The number of esters is 1. The van der Waals surface area contributed by atoms with Crippen LogP contribution in [0.3, 0.4) is 0 Å². The molecule has 12 heteroatoms. The predicted octanol–water partition coefficient (Wildman–Crippen LogP) is 0.343. The van der Waals surface area contributed by atoms with Crippen molar-refractivity contribution in [1.82, 2.24) is 0 Å². The van der Waals surface area contributed by atoms with Gasteiger partial charge in [0.1, 0.15) is 6.04 Å². The molecule has 1 aromatic rings. The number of ether oxygens (including phenoxy) is 1. The summed E-state index contributed by atoms with van der Waals surface area (Å²) in [5, 5.41) is 9.22. The molecular formula is C17H20F3N3O6. The van der Waals surface area contributed by atoms with E-state index in [0.717, 1.165) is 5.56 Å². The third kappa shape index (κ3) is 6.75. The molecule has 0 fully saturated rings. The van der Waals surface area contributed by atoms with Gasteiger partial charge >= 0.3 is 24.0 Å². The van der Waals surface area contributed by atoms with E-state index in [9.17, 15) is 37.5 Å². The summed E-state index contributed by atoms with van der Waals surface area (Å²) in [6.07, 6.45) is -3.80. The molecule has 0 unspecified atom stereocenters. The smallest absolute Gasteiger partial charge is 0.422 e. The zero-order valence-electron chi connectivity index (χ0n) is 15.3. The second kappa shape index (κ2) is 9.87. The number of anilines is 1. The predicted molar refractivity (Wildman–Crippen MR) is 93.5 cm³/mol. The molecule has 0 radical (unpaired) electrons. The van der Waals surface area contributed by atoms with Crippen molar-refractivity contribution >= 4 is 29.4 Å². The molecule has 2 rings (SSSR count). The lowest BCUT2D eigenvalue weighted by molar-refractivity contribution is -0.187. The van der Waals surface area contributed by atoms with Gasteiger partial charge < -0.3 is 21.3 Å². The second-order valence-corrected chi connectivity index (χ2v) is 5.97. The third-order valence-electron chi connectivity index (χ3n) is 3.82. The molecule has 0 aromatic heterocycles. The van der Waals surface area contributed by atoms with Gasteiger partial charge in [0.05, 0.1) is 6.04 Å². The number of nitrogens with zero attached hydrogens (tertiary/aromatic N) is 1. The molecule has 1 aromatic carbocycles. The number of carboxylic acids is 1. The van der Waals surface area contributed by atoms with Crippen molar-refractivity contribution in [2.24, 2.45) is 11.5 Å². The Kier molecular flexibility index (Phi) is 8.13. The van der Waals surface area contributed by atoms with Crippen LogP contribution in [-0.2, 0) is 30.3 Å². The number of aliphatic carboxylic acids is 1. The Hall–Kier alpha value is -3.15. The second-order valence-electron chi connectivity index (χ2n) is 5.97. The lowest BCUT2D eigenvalue weighted by Crippen LogP contribution is -2.49. The minimum Gasteiger partial charge on any atom is -0.480 e. The molecule has 9 nitrogen and oxygen atoms in total. The average molecular weight is 419 g/mol. The SMILES string of the molecule is CC[C@H](N)C(=O)N1c2ccccc2C[C@H]1C(=O)O.NC(=O)C(=O)OCC(F)(F)F. The summed E-state index contributed by atoms with van der Waals surface area (Å²) in [5.41, 5.74) is 11.6. The van der Waals surface area contributed by atoms with Gasteiger partial charge in [0, 0.05) is 12.1 Å². The van der Waals surface area contributed by atoms with Crippen molar-refractivity contribution in [2.45, 2.75) is 38.0 Å². The Morgan fingerprint density at radius 3 is 2.34 bits per heavy atom. The average Bonchev–Trinajstić information content (AvgIpc) is 3.04. The number of primary amides is 1. The van der Waals surface area contributed by atoms with Crippen molar-refractivity contribution in [3.8, 4) is 0 Å². The first-order chi connectivity index (χ1) is 13.4. The van der Waals surface area contributed by atoms with Gasteiger partial charge in [0.2, 0.25) is 5.91 Å². The number of hydrogen-bond donors (Lipinski definition) is 3. The first kappa shape index (κ1) is 23.9. The number of carbonyl (C=O) groups excluding carboxylic acids is 3. The highest BCUT2D eigenvalue weighted by atomic mass is 19.4. The molecule has 2 amide bonds. The van der Waals surface area contributed by atoms with Crippen LogP contribution in [0.15, 0.2) is 24.3 Å². The van der Waals surface area contributed by atoms with Crippen LogP contribution in [0.5, 0.6) is 0 Å². The van der Waals surface area contributed by atoms with Crippen LogP contribution in [-0.4, -0.2) is 53.7 Å². The first-order valence-electron chi connectivity index (χ1n) is 8.31. The summed E-state index contributed by atoms with van der Waals surface area (Å²) >= 11 is 0. The fourth-order valence-electron chi connectivity index (χ4n) is 2.43. The molecular weight excluding hydrogens is 399 g/mol. The van der Waals surface area contributed by atoms with Gasteiger partial charge in [-0.15, -0.1) is 0 Å². The van der Waals surface area contributed by atoms with Gasteiger partial charge in [-0.3, -0.25) is 14.5 Å². The Morgan fingerprint density at radius 2 is 1.86 bits per heavy atom. The van der Waals surface area contributed by atoms with E-state index in [2.05, 4.69) is 10.5 Å². The van der Waals surface area contributed by atoms with Gasteiger partial charge in [-0.25, -0.2) is 9.59 Å². The summed E-state index contributed by atoms with van der Waals surface area (Å²) in [6, 6.07) is 5.74. The van der Waals surface area contributed by atoms with Crippen molar-refractivity contribution in [2.75, 3.05) is 11.5 Å². The highest BCUT2D eigenvalue weighted by molar-refractivity contribution is 6.31. The Morgan fingerprint density at radius 1 is 1.28 bits per heavy atom. The van der Waals surface area contributed by atoms with E-state index in [0.29, 0.717) is 18.5 Å². The number of amides is 2. The molecule has 1 aliphatic heterocycles. The van der Waals surface area contributed by atoms with Gasteiger partial charge in [-0.05, 0) is 18.1 Å². The lowest BCUT2D eigenvalue weighted by Gasteiger charge is -2.25. The number of fused-ring (bicyclic) bond motifs is 1. The standard InChI is InChI=1S/C13H16N2O3.C4H4F3NO3/c1-2-9(14)12(16)15-10-6-4-3-5-8(10)7-11(15)13(17)18;5-4(6,7)1-11-3(10)2(8)9/h3-6,9,11H,2,7,14H2,1H3,(H,17,18);1H2,(H2,8,9)/t9-,11-;/m0./s1. The van der Waals surface area contributed by atoms with Crippen LogP contribution in [0.25, 0.3) is 0 Å². The lowest BCUT2D eigenvalue weighted by atomic mass is 10.1. The molecule has 0 spiro atoms. The molecule has 2 atom stereocenters. The van der Waals surface area contributed by atoms with Crippen LogP contribution in [0, 0.1) is 0 Å². The molecule has 0 saturated carbocycles. The fourth-order valence-corrected chi connectivity index (χ4v) is 2.43. The molecule has 0 saturated heterocycles. The van der Waals surface area contributed by atoms with E-state index in [1.54, 1.807) is 19.1 Å². The zero-order valence-corrected chi connectivity index (χ0v) is 15.3. The first-order valence-corrected chi connectivity index (χ1v) is 8.31. The fraction of sp³-hybridized carbons (Fsp3) is 0.412. The Bertz CT molecular complexity index is 784. The molecule has 1 heterocycles. The number of rotatable bonds is 4. The van der Waals surface area contributed by atoms with Gasteiger partial charge in [-0.2, -0.15) is 13.2 Å². The minimum absolute atomic E-state index is 0.324. The zero-order chi connectivity index (χ0) is 22.4. The maximum Gasteiger partial charge on any atom is 0.422 e. The summed E-state index contributed by atoms with van der Waals surface area (Å²) in [4.78, 5) is 44.6. The number of para-hydroxylation sites is 1. The van der Waals surface area contributed by atoms with Crippen molar-refractivity contribution < 1.29 is 42.2 Å². The van der Waals surface area contributed by atoms with E-state index in [4.69, 9.17) is 5.73 Å². The molecule has 160 valence electrons. The summed E-state index contributed by atoms with van der Waals surface area (Å²) in [5.74, 6) is -4.56. The number of alkyl halides is 3. The van der Waals surface area contributed by atoms with Crippen LogP contribution in [0.4, 0.5) is 18.9 Å². The van der Waals surface area contributed by atoms with Gasteiger partial charge in [0.15, 0.2) is 6.61 Å². The van der Waals surface area contributed by atoms with E-state index in [1.165, 1.54) is 4.90 Å². The van der Waals surface area contributed by atoms with Crippen molar-refractivity contribution in [1.29, 1.82) is 0 Å². The Labute approximate surface area is 163 Å². The maximum atomic E-state index is 12.2. The van der Waals surface area contributed by atoms with E-state index in [-0.39, 0.29) is 5.91 Å². The summed E-state index contributed by atoms with van der Waals surface area (Å²) in [6.45, 7) is 0.00902. The van der Waals surface area contributed by atoms with Crippen LogP contribution < -0.4 is 16.4 Å². The minimum atomic E-state index is -4.63. The summed E-state index contributed by atoms with van der Waals surface area (Å²) in [7, 11) is 0. The number of benzene rings is 1. The van der Waals surface area contributed by atoms with Crippen LogP contribution in [0.2, 0.25) is 0 Å². The number of halogens is 3. The van der Waals surface area contributed by atoms with E-state index in [1.807, 2.05) is 12.1 Å². The normalized spacial score (nSPS) is 16.2. The number of carboxylic acid groups (broad SMARTS) is 1. The third-order valence-corrected chi connectivity index (χ3v) is 3.82. The maximum absolute atomic E-state index is 12.2. The number of nitrogens with two attached hydrogens (primary N) is 2. The van der Waals surface area contributed by atoms with Crippen molar-refractivity contribution in [3.63, 3.8) is 0 Å². The van der Waals surface area contributed by atoms with E-state index >= 15 is 0 Å². The van der Waals surface area contributed by atoms with Crippen molar-refractivity contribution in [3.05, 3.63) is 29.8 Å². The Balaban J connectivity index is 0.000000331. The highest BCUT2D eigenvalue weighted by Crippen LogP contribution is 2.32. The largest absolute Gasteiger partial charge is 0.480 e.